The molecular formula is C16H15ClF3N. The number of nitrogens with one attached hydrogen (secondary N) is 1. The van der Waals surface area contributed by atoms with Crippen molar-refractivity contribution in [3.63, 3.8) is 0 Å². The van der Waals surface area contributed by atoms with E-state index in [1.54, 1.807) is 0 Å². The molecule has 0 amide bonds. The fraction of sp³-hybridized carbons (Fsp3) is 0.250. The second kappa shape index (κ2) is 6.96. The highest BCUT2D eigenvalue weighted by Gasteiger charge is 2.21. The van der Waals surface area contributed by atoms with Crippen LogP contribution < -0.4 is 5.32 Å². The van der Waals surface area contributed by atoms with Gasteiger partial charge in [-0.2, -0.15) is 0 Å². The van der Waals surface area contributed by atoms with Gasteiger partial charge < -0.3 is 5.32 Å². The van der Waals surface area contributed by atoms with E-state index in [0.29, 0.717) is 17.1 Å². The van der Waals surface area contributed by atoms with Gasteiger partial charge in [-0.15, -0.1) is 0 Å². The first-order valence-corrected chi connectivity index (χ1v) is 7.04. The molecule has 1 atom stereocenters. The Morgan fingerprint density at radius 1 is 1.00 bits per heavy atom. The monoisotopic (exact) mass is 313 g/mol. The van der Waals surface area contributed by atoms with Gasteiger partial charge in [-0.05, 0) is 54.9 Å². The topological polar surface area (TPSA) is 12.0 Å². The summed E-state index contributed by atoms with van der Waals surface area (Å²) in [4.78, 5) is 0. The molecule has 1 unspecified atom stereocenters. The molecule has 0 aliphatic rings. The minimum Gasteiger partial charge on any atom is -0.306 e. The summed E-state index contributed by atoms with van der Waals surface area (Å²) in [6.45, 7) is 2.51. The highest BCUT2D eigenvalue weighted by molar-refractivity contribution is 6.31. The molecule has 0 fully saturated rings. The summed E-state index contributed by atoms with van der Waals surface area (Å²) in [6.07, 6.45) is 0.792. The van der Waals surface area contributed by atoms with E-state index in [-0.39, 0.29) is 5.56 Å². The first-order chi connectivity index (χ1) is 10.0. The van der Waals surface area contributed by atoms with Gasteiger partial charge in [0.1, 0.15) is 17.5 Å². The van der Waals surface area contributed by atoms with Crippen LogP contribution in [0.1, 0.15) is 30.5 Å². The Morgan fingerprint density at radius 3 is 2.29 bits per heavy atom. The van der Waals surface area contributed by atoms with E-state index in [1.807, 2.05) is 6.92 Å². The summed E-state index contributed by atoms with van der Waals surface area (Å²) in [5, 5.41) is 3.38. The molecule has 0 heterocycles. The van der Waals surface area contributed by atoms with Gasteiger partial charge in [-0.3, -0.25) is 0 Å². The molecule has 112 valence electrons. The van der Waals surface area contributed by atoms with Crippen LogP contribution in [-0.4, -0.2) is 6.54 Å². The van der Waals surface area contributed by atoms with E-state index in [0.717, 1.165) is 24.6 Å². The summed E-state index contributed by atoms with van der Waals surface area (Å²) in [5.74, 6) is -1.60. The SMILES string of the molecule is CCCNC(c1cc(F)ccc1F)c1cc(F)ccc1Cl. The fourth-order valence-corrected chi connectivity index (χ4v) is 2.37. The molecule has 0 bridgehead atoms. The molecule has 0 aliphatic carbocycles. The quantitative estimate of drug-likeness (QED) is 0.832. The summed E-state index contributed by atoms with van der Waals surface area (Å²) in [6, 6.07) is 6.36. The van der Waals surface area contributed by atoms with Crippen molar-refractivity contribution in [2.45, 2.75) is 19.4 Å². The second-order valence-electron chi connectivity index (χ2n) is 4.72. The van der Waals surface area contributed by atoms with Crippen LogP contribution in [0, 0.1) is 17.5 Å². The van der Waals surface area contributed by atoms with E-state index in [4.69, 9.17) is 11.6 Å². The normalized spacial score (nSPS) is 12.4. The van der Waals surface area contributed by atoms with E-state index < -0.39 is 23.5 Å². The predicted octanol–water partition coefficient (Wildman–Crippen LogP) is 4.85. The molecule has 2 aromatic rings. The molecule has 1 N–H and O–H groups in total. The lowest BCUT2D eigenvalue weighted by Crippen LogP contribution is -2.24. The maximum absolute atomic E-state index is 14.0. The van der Waals surface area contributed by atoms with Crippen LogP contribution in [0.25, 0.3) is 0 Å². The highest BCUT2D eigenvalue weighted by Crippen LogP contribution is 2.31. The molecule has 1 nitrogen and oxygen atoms in total. The maximum atomic E-state index is 14.0. The molecular weight excluding hydrogens is 299 g/mol. The number of rotatable bonds is 5. The summed E-state index contributed by atoms with van der Waals surface area (Å²) in [5.41, 5.74) is 0.491. The van der Waals surface area contributed by atoms with Crippen molar-refractivity contribution in [3.8, 4) is 0 Å². The van der Waals surface area contributed by atoms with Crippen molar-refractivity contribution in [1.29, 1.82) is 0 Å². The summed E-state index contributed by atoms with van der Waals surface area (Å²) in [7, 11) is 0. The van der Waals surface area contributed by atoms with E-state index in [2.05, 4.69) is 5.32 Å². The molecule has 2 aromatic carbocycles. The lowest BCUT2D eigenvalue weighted by atomic mass is 9.97. The van der Waals surface area contributed by atoms with Gasteiger partial charge in [0, 0.05) is 10.6 Å². The Balaban J connectivity index is 2.52. The Bertz CT molecular complexity index is 579. The van der Waals surface area contributed by atoms with E-state index >= 15 is 0 Å². The van der Waals surface area contributed by atoms with Gasteiger partial charge in [0.25, 0.3) is 0 Å². The molecule has 21 heavy (non-hydrogen) atoms. The first kappa shape index (κ1) is 15.9. The minimum atomic E-state index is -0.705. The molecule has 0 spiro atoms. The zero-order valence-electron chi connectivity index (χ0n) is 11.5. The van der Waals surface area contributed by atoms with Crippen LogP contribution >= 0.6 is 11.6 Å². The third kappa shape index (κ3) is 3.77. The third-order valence-corrected chi connectivity index (χ3v) is 3.48. The van der Waals surface area contributed by atoms with Crippen LogP contribution in [0.5, 0.6) is 0 Å². The number of benzene rings is 2. The summed E-state index contributed by atoms with van der Waals surface area (Å²) < 4.78 is 40.9. The van der Waals surface area contributed by atoms with Gasteiger partial charge >= 0.3 is 0 Å². The van der Waals surface area contributed by atoms with Crippen LogP contribution in [0.2, 0.25) is 5.02 Å². The molecule has 0 aromatic heterocycles. The van der Waals surface area contributed by atoms with E-state index in [1.165, 1.54) is 18.2 Å². The Morgan fingerprint density at radius 2 is 1.62 bits per heavy atom. The third-order valence-electron chi connectivity index (χ3n) is 3.14. The number of hydrogen-bond acceptors (Lipinski definition) is 1. The van der Waals surface area contributed by atoms with Crippen molar-refractivity contribution in [3.05, 3.63) is 70.0 Å². The average molecular weight is 314 g/mol. The number of halogens is 4. The highest BCUT2D eigenvalue weighted by atomic mass is 35.5. The fourth-order valence-electron chi connectivity index (χ4n) is 2.15. The Labute approximate surface area is 126 Å². The van der Waals surface area contributed by atoms with Gasteiger partial charge in [0.15, 0.2) is 0 Å². The second-order valence-corrected chi connectivity index (χ2v) is 5.13. The Hall–Kier alpha value is -1.52. The van der Waals surface area contributed by atoms with Crippen LogP contribution in [-0.2, 0) is 0 Å². The van der Waals surface area contributed by atoms with Gasteiger partial charge in [0.2, 0.25) is 0 Å². The average Bonchev–Trinajstić information content (AvgIpc) is 2.46. The van der Waals surface area contributed by atoms with Gasteiger partial charge in [-0.1, -0.05) is 18.5 Å². The van der Waals surface area contributed by atoms with Crippen molar-refractivity contribution >= 4 is 11.6 Å². The molecule has 0 saturated heterocycles. The molecule has 0 saturated carbocycles. The number of hydrogen-bond donors (Lipinski definition) is 1. The van der Waals surface area contributed by atoms with E-state index in [9.17, 15) is 13.2 Å². The van der Waals surface area contributed by atoms with Gasteiger partial charge in [-0.25, -0.2) is 13.2 Å². The smallest absolute Gasteiger partial charge is 0.128 e. The molecule has 0 radical (unpaired) electrons. The lowest BCUT2D eigenvalue weighted by molar-refractivity contribution is 0.532. The summed E-state index contributed by atoms with van der Waals surface area (Å²) >= 11 is 6.09. The minimum absolute atomic E-state index is 0.107. The standard InChI is InChI=1S/C16H15ClF3N/c1-2-7-21-16(12-8-10(18)3-5-14(12)17)13-9-11(19)4-6-15(13)20/h3-6,8-9,16,21H,2,7H2,1H3. The van der Waals surface area contributed by atoms with Gasteiger partial charge in [0.05, 0.1) is 6.04 Å². The van der Waals surface area contributed by atoms with Crippen molar-refractivity contribution in [1.82, 2.24) is 5.32 Å². The maximum Gasteiger partial charge on any atom is 0.128 e. The Kier molecular flexibility index (Phi) is 5.26. The molecule has 5 heteroatoms. The zero-order valence-corrected chi connectivity index (χ0v) is 12.2. The molecule has 0 aliphatic heterocycles. The van der Waals surface area contributed by atoms with Crippen LogP contribution in [0.4, 0.5) is 13.2 Å². The molecule has 2 rings (SSSR count). The van der Waals surface area contributed by atoms with Crippen molar-refractivity contribution in [2.75, 3.05) is 6.54 Å². The largest absolute Gasteiger partial charge is 0.306 e. The van der Waals surface area contributed by atoms with Crippen molar-refractivity contribution in [2.24, 2.45) is 0 Å². The predicted molar refractivity (Wildman–Crippen MR) is 77.9 cm³/mol. The lowest BCUT2D eigenvalue weighted by Gasteiger charge is -2.21. The van der Waals surface area contributed by atoms with Crippen LogP contribution in [0.3, 0.4) is 0 Å². The van der Waals surface area contributed by atoms with Crippen LogP contribution in [0.15, 0.2) is 36.4 Å². The first-order valence-electron chi connectivity index (χ1n) is 6.66. The zero-order chi connectivity index (χ0) is 15.4. The van der Waals surface area contributed by atoms with Crippen molar-refractivity contribution < 1.29 is 13.2 Å².